The van der Waals surface area contributed by atoms with Gasteiger partial charge in [0.1, 0.15) is 5.84 Å². The fourth-order valence-corrected chi connectivity index (χ4v) is 3.13. The van der Waals surface area contributed by atoms with Gasteiger partial charge in [-0.3, -0.25) is 10.8 Å². The highest BCUT2D eigenvalue weighted by Crippen LogP contribution is 2.47. The van der Waals surface area contributed by atoms with Crippen molar-refractivity contribution in [3.05, 3.63) is 35.4 Å². The summed E-state index contributed by atoms with van der Waals surface area (Å²) in [7, 11) is 1.74. The molecule has 0 atom stereocenters. The third-order valence-electron chi connectivity index (χ3n) is 3.71. The molecule has 2 rings (SSSR count). The lowest BCUT2D eigenvalue weighted by Crippen LogP contribution is -2.53. The van der Waals surface area contributed by atoms with Crippen LogP contribution in [0.5, 0.6) is 0 Å². The van der Waals surface area contributed by atoms with Crippen molar-refractivity contribution < 1.29 is 0 Å². The highest BCUT2D eigenvalue weighted by atomic mass is 35.5. The Bertz CT molecular complexity index is 478. The molecule has 1 aromatic carbocycles. The third-order valence-corrected chi connectivity index (χ3v) is 4.02. The molecule has 1 aliphatic carbocycles. The normalized spacial score (nSPS) is 26.3. The van der Waals surface area contributed by atoms with Gasteiger partial charge in [-0.05, 0) is 25.3 Å². The first-order valence-electron chi connectivity index (χ1n) is 6.03. The number of halogens is 1. The second kappa shape index (κ2) is 4.73. The average Bonchev–Trinajstić information content (AvgIpc) is 2.32. The van der Waals surface area contributed by atoms with Crippen LogP contribution in [0.4, 0.5) is 0 Å². The van der Waals surface area contributed by atoms with Crippen LogP contribution >= 0.6 is 11.6 Å². The molecule has 0 amide bonds. The van der Waals surface area contributed by atoms with Crippen molar-refractivity contribution in [3.63, 3.8) is 0 Å². The first-order valence-corrected chi connectivity index (χ1v) is 6.47. The second-order valence-electron chi connectivity index (χ2n) is 5.05. The Hall–Kier alpha value is -1.35. The molecule has 1 aromatic rings. The Balaban J connectivity index is 2.39. The van der Waals surface area contributed by atoms with E-state index in [-0.39, 0.29) is 10.8 Å². The number of amidine groups is 1. The Labute approximate surface area is 113 Å². The molecule has 18 heavy (non-hydrogen) atoms. The van der Waals surface area contributed by atoms with Crippen molar-refractivity contribution in [1.82, 2.24) is 4.90 Å². The molecule has 1 fully saturated rings. The summed E-state index contributed by atoms with van der Waals surface area (Å²) in [6.45, 7) is 2.05. The largest absolute Gasteiger partial charge is 0.324 e. The van der Waals surface area contributed by atoms with Crippen LogP contribution in [0, 0.1) is 17.7 Å². The van der Waals surface area contributed by atoms with Gasteiger partial charge in [-0.25, -0.2) is 0 Å². The summed E-state index contributed by atoms with van der Waals surface area (Å²) >= 11 is 6.14. The third kappa shape index (κ3) is 2.03. The van der Waals surface area contributed by atoms with E-state index >= 15 is 0 Å². The van der Waals surface area contributed by atoms with Crippen molar-refractivity contribution in [2.75, 3.05) is 7.05 Å². The molecule has 0 heterocycles. The smallest absolute Gasteiger partial charge is 0.112 e. The lowest BCUT2D eigenvalue weighted by atomic mass is 9.62. The molecular weight excluding hydrogens is 246 g/mol. The van der Waals surface area contributed by atoms with Crippen molar-refractivity contribution in [2.45, 2.75) is 30.6 Å². The highest BCUT2D eigenvalue weighted by Gasteiger charge is 2.49. The summed E-state index contributed by atoms with van der Waals surface area (Å²) < 4.78 is 0. The van der Waals surface area contributed by atoms with Crippen molar-refractivity contribution >= 4 is 23.8 Å². The number of hydrogen-bond donors (Lipinski definition) is 2. The number of alkyl halides is 1. The number of rotatable bonds is 3. The standard InChI is InChI=1S/C14H18ClN3/c1-10-4-3-5-11(6-10)14(7-12(15)8-14)13(17)18(2)9-16/h3-6,9,12,16-17H,7-8H2,1-2H3. The highest BCUT2D eigenvalue weighted by molar-refractivity contribution is 6.22. The molecule has 4 heteroatoms. The molecule has 0 saturated heterocycles. The minimum Gasteiger partial charge on any atom is -0.324 e. The van der Waals surface area contributed by atoms with Gasteiger partial charge >= 0.3 is 0 Å². The van der Waals surface area contributed by atoms with Crippen LogP contribution in [0.15, 0.2) is 24.3 Å². The summed E-state index contributed by atoms with van der Waals surface area (Å²) in [6, 6.07) is 8.25. The van der Waals surface area contributed by atoms with Crippen LogP contribution < -0.4 is 0 Å². The predicted molar refractivity (Wildman–Crippen MR) is 76.0 cm³/mol. The van der Waals surface area contributed by atoms with E-state index in [1.54, 1.807) is 11.9 Å². The van der Waals surface area contributed by atoms with Gasteiger partial charge in [-0.1, -0.05) is 29.8 Å². The SMILES string of the molecule is Cc1cccc(C2(C(=N)N(C)C=N)CC(Cl)C2)c1. The number of nitrogens with one attached hydrogen (secondary N) is 2. The molecule has 1 saturated carbocycles. The van der Waals surface area contributed by atoms with Gasteiger partial charge in [0.25, 0.3) is 0 Å². The summed E-state index contributed by atoms with van der Waals surface area (Å²) in [5.41, 5.74) is 2.01. The number of benzene rings is 1. The Morgan fingerprint density at radius 1 is 1.50 bits per heavy atom. The quantitative estimate of drug-likeness (QED) is 0.491. The van der Waals surface area contributed by atoms with Crippen molar-refractivity contribution in [1.29, 1.82) is 10.8 Å². The maximum absolute atomic E-state index is 8.31. The van der Waals surface area contributed by atoms with Crippen LogP contribution in [0.1, 0.15) is 24.0 Å². The lowest BCUT2D eigenvalue weighted by molar-refractivity contribution is 0.327. The van der Waals surface area contributed by atoms with E-state index < -0.39 is 0 Å². The predicted octanol–water partition coefficient (Wildman–Crippen LogP) is 3.15. The van der Waals surface area contributed by atoms with E-state index in [4.69, 9.17) is 22.4 Å². The first kappa shape index (κ1) is 13.1. The van der Waals surface area contributed by atoms with Gasteiger partial charge in [0.05, 0.1) is 11.8 Å². The minimum absolute atomic E-state index is 0.130. The zero-order valence-corrected chi connectivity index (χ0v) is 11.5. The maximum Gasteiger partial charge on any atom is 0.112 e. The van der Waals surface area contributed by atoms with Gasteiger partial charge in [-0.15, -0.1) is 11.6 Å². The maximum atomic E-state index is 8.31. The molecule has 1 aliphatic rings. The molecule has 0 aliphatic heterocycles. The van der Waals surface area contributed by atoms with Crippen LogP contribution in [0.3, 0.4) is 0 Å². The summed E-state index contributed by atoms with van der Waals surface area (Å²) in [5, 5.41) is 15.7. The minimum atomic E-state index is -0.315. The van der Waals surface area contributed by atoms with Gasteiger partial charge < -0.3 is 4.90 Å². The van der Waals surface area contributed by atoms with Crippen LogP contribution in [0.25, 0.3) is 0 Å². The number of aryl methyl sites for hydroxylation is 1. The Morgan fingerprint density at radius 2 is 2.17 bits per heavy atom. The molecule has 3 nitrogen and oxygen atoms in total. The topological polar surface area (TPSA) is 50.9 Å². The first-order chi connectivity index (χ1) is 8.49. The zero-order chi connectivity index (χ0) is 13.3. The number of hydrogen-bond acceptors (Lipinski definition) is 2. The Kier molecular flexibility index (Phi) is 3.44. The number of nitrogens with zero attached hydrogens (tertiary/aromatic N) is 1. The van der Waals surface area contributed by atoms with Gasteiger partial charge in [0.15, 0.2) is 0 Å². The molecule has 0 bridgehead atoms. The van der Waals surface area contributed by atoms with Gasteiger partial charge in [0.2, 0.25) is 0 Å². The number of likely N-dealkylation sites (N-methyl/N-ethyl adjacent to an activating group) is 1. The zero-order valence-electron chi connectivity index (χ0n) is 10.7. The van der Waals surface area contributed by atoms with E-state index in [0.717, 1.165) is 18.4 Å². The van der Waals surface area contributed by atoms with Gasteiger partial charge in [0, 0.05) is 12.4 Å². The average molecular weight is 264 g/mol. The van der Waals surface area contributed by atoms with Crippen LogP contribution in [0.2, 0.25) is 0 Å². The molecule has 0 spiro atoms. The van der Waals surface area contributed by atoms with Crippen molar-refractivity contribution in [3.8, 4) is 0 Å². The van der Waals surface area contributed by atoms with E-state index in [2.05, 4.69) is 25.1 Å². The summed E-state index contributed by atoms with van der Waals surface area (Å²) in [4.78, 5) is 1.56. The molecule has 96 valence electrons. The molecule has 2 N–H and O–H groups in total. The molecular formula is C14H18ClN3. The van der Waals surface area contributed by atoms with Crippen molar-refractivity contribution in [2.24, 2.45) is 0 Å². The van der Waals surface area contributed by atoms with Crippen LogP contribution in [-0.4, -0.2) is 29.5 Å². The van der Waals surface area contributed by atoms with E-state index in [1.165, 1.54) is 11.9 Å². The van der Waals surface area contributed by atoms with Crippen LogP contribution in [-0.2, 0) is 5.41 Å². The molecule has 0 aromatic heterocycles. The van der Waals surface area contributed by atoms with Gasteiger partial charge in [-0.2, -0.15) is 0 Å². The van der Waals surface area contributed by atoms with E-state index in [1.807, 2.05) is 6.07 Å². The molecule has 0 unspecified atom stereocenters. The fraction of sp³-hybridized carbons (Fsp3) is 0.429. The van der Waals surface area contributed by atoms with E-state index in [0.29, 0.717) is 5.84 Å². The summed E-state index contributed by atoms with van der Waals surface area (Å²) in [6.07, 6.45) is 2.73. The summed E-state index contributed by atoms with van der Waals surface area (Å²) in [5.74, 6) is 0.458. The molecule has 0 radical (unpaired) electrons. The van der Waals surface area contributed by atoms with E-state index in [9.17, 15) is 0 Å². The fourth-order valence-electron chi connectivity index (χ4n) is 2.61. The second-order valence-corrected chi connectivity index (χ2v) is 5.66. The Morgan fingerprint density at radius 3 is 2.67 bits per heavy atom. The monoisotopic (exact) mass is 263 g/mol. The lowest BCUT2D eigenvalue weighted by Gasteiger charge is -2.47.